The average Bonchev–Trinajstić information content (AvgIpc) is 1.70. The first-order valence-corrected chi connectivity index (χ1v) is 33.2. The number of esters is 1. The topological polar surface area (TPSA) is 348 Å². The fourth-order valence-electron chi connectivity index (χ4n) is 17.2. The molecule has 10 rings (SSSR count). The number of amides is 1. The molecule has 93 heavy (non-hydrogen) atoms. The van der Waals surface area contributed by atoms with Crippen molar-refractivity contribution >= 4 is 17.8 Å². The Morgan fingerprint density at radius 1 is 0.688 bits per heavy atom. The number of allylic oxidation sites excluding steroid dienone is 3. The maximum absolute atomic E-state index is 15.7. The third-order valence-corrected chi connectivity index (χ3v) is 22.3. The summed E-state index contributed by atoms with van der Waals surface area (Å²) in [4.78, 5) is 55.4. The van der Waals surface area contributed by atoms with Gasteiger partial charge in [-0.05, 0) is 96.1 Å². The zero-order valence-electron chi connectivity index (χ0n) is 55.9. The van der Waals surface area contributed by atoms with E-state index >= 15 is 4.79 Å². The van der Waals surface area contributed by atoms with Gasteiger partial charge in [-0.15, -0.1) is 0 Å². The predicted octanol–water partition coefficient (Wildman–Crippen LogP) is 5.45. The molecule has 522 valence electrons. The van der Waals surface area contributed by atoms with E-state index in [2.05, 4.69) is 25.2 Å². The Morgan fingerprint density at radius 2 is 1.28 bits per heavy atom. The van der Waals surface area contributed by atoms with E-state index < -0.39 is 209 Å². The minimum atomic E-state index is -1.84. The van der Waals surface area contributed by atoms with E-state index in [0.29, 0.717) is 17.6 Å². The molecule has 4 aliphatic carbocycles. The van der Waals surface area contributed by atoms with E-state index in [0.717, 1.165) is 12.7 Å². The summed E-state index contributed by atoms with van der Waals surface area (Å²) >= 11 is 0. The van der Waals surface area contributed by atoms with Crippen LogP contribution in [0.15, 0.2) is 58.4 Å². The number of aliphatic hydroxyl groups excluding tert-OH is 6. The Bertz CT molecular complexity index is 2880. The second-order valence-electron chi connectivity index (χ2n) is 28.6. The molecule has 0 aromatic heterocycles. The van der Waals surface area contributed by atoms with Gasteiger partial charge in [-0.1, -0.05) is 63.6 Å². The number of ketones is 1. The molecule has 2 bridgehead atoms. The van der Waals surface area contributed by atoms with Crippen LogP contribution in [-0.4, -0.2) is 214 Å². The number of Topliss-reactive ketones (excluding diaryl/α,β-unsaturated/α-hetero) is 1. The van der Waals surface area contributed by atoms with Gasteiger partial charge in [0.2, 0.25) is 11.3 Å². The van der Waals surface area contributed by atoms with Crippen molar-refractivity contribution < 1.29 is 112 Å². The van der Waals surface area contributed by atoms with Gasteiger partial charge in [-0.25, -0.2) is 9.59 Å². The van der Waals surface area contributed by atoms with Gasteiger partial charge in [-0.3, -0.25) is 14.9 Å². The summed E-state index contributed by atoms with van der Waals surface area (Å²) in [5, 5.41) is 83.6. The van der Waals surface area contributed by atoms with E-state index in [-0.39, 0.29) is 63.4 Å². The van der Waals surface area contributed by atoms with Gasteiger partial charge in [0.25, 0.3) is 0 Å². The molecule has 26 nitrogen and oxygen atoms in total. The molecule has 31 atom stereocenters. The monoisotopic (exact) mass is 1320 g/mol. The van der Waals surface area contributed by atoms with Crippen LogP contribution in [0.4, 0.5) is 4.79 Å². The van der Waals surface area contributed by atoms with Crippen LogP contribution in [0.2, 0.25) is 0 Å². The fraction of sp³-hybridized carbons (Fsp3) is 0.806. The highest BCUT2D eigenvalue weighted by atomic mass is 16.8. The van der Waals surface area contributed by atoms with Gasteiger partial charge in [0.05, 0.1) is 87.3 Å². The number of fused-ring (bicyclic) bond motifs is 4. The lowest BCUT2D eigenvalue weighted by Crippen LogP contribution is -2.65. The van der Waals surface area contributed by atoms with Gasteiger partial charge >= 0.3 is 12.1 Å². The molecule has 26 heteroatoms. The number of carbonyl (C=O) groups excluding carboxylic acids is 3. The Morgan fingerprint density at radius 3 is 1.92 bits per heavy atom. The van der Waals surface area contributed by atoms with Crippen molar-refractivity contribution in [1.29, 1.82) is 0 Å². The van der Waals surface area contributed by atoms with Crippen LogP contribution in [0, 0.1) is 57.0 Å². The Hall–Kier alpha value is -4.33. The number of carbonyl (C=O) groups is 3. The van der Waals surface area contributed by atoms with E-state index in [4.69, 9.17) is 61.6 Å². The molecule has 0 aromatic carbocycles. The number of hydrogen-bond acceptors (Lipinski definition) is 24. The molecule has 7 fully saturated rings. The normalized spacial score (nSPS) is 49.3. The maximum Gasteiger partial charge on any atom is 0.407 e. The summed E-state index contributed by atoms with van der Waals surface area (Å²) in [5.74, 6) is -5.33. The highest BCUT2D eigenvalue weighted by Crippen LogP contribution is 2.61. The summed E-state index contributed by atoms with van der Waals surface area (Å²) in [6.45, 7) is 21.2. The molecular formula is C67H100N2O24. The maximum atomic E-state index is 15.7. The number of methoxy groups -OCH3 is 2. The summed E-state index contributed by atoms with van der Waals surface area (Å²) in [6, 6.07) is -1.09. The van der Waals surface area contributed by atoms with Crippen LogP contribution in [0.25, 0.3) is 0 Å². The van der Waals surface area contributed by atoms with Crippen molar-refractivity contribution in [3.63, 3.8) is 0 Å². The van der Waals surface area contributed by atoms with E-state index in [1.54, 1.807) is 53.7 Å². The predicted molar refractivity (Wildman–Crippen MR) is 327 cm³/mol. The molecule has 7 N–H and O–H groups in total. The minimum Gasteiger partial charge on any atom is -0.511 e. The zero-order chi connectivity index (χ0) is 67.7. The lowest BCUT2D eigenvalue weighted by molar-refractivity contribution is -0.584. The fourth-order valence-corrected chi connectivity index (χ4v) is 17.2. The van der Waals surface area contributed by atoms with Crippen molar-refractivity contribution in [2.45, 2.75) is 275 Å². The summed E-state index contributed by atoms with van der Waals surface area (Å²) < 4.78 is 82.0. The SMILES string of the molecule is COC(=O)N[C@H]1[C@@H](C)O[C@@H](O[C@H]2C/C=C(\C)[C@@H]3C=C[C@@H]4[C@@H](O[C@H]5C[C@@H](O[C@H]6CC(O[C@H]7C[C@H](O)[C@@H](O)[C@H](C)O7)C(O[C@@H]7C[C@@H](O)[C@@H](OC)[C@H](C)O7)[C@H](C)O6)[C@@H](O)[C@H](C)O5)[C@@H](C)C[C@H](C)[C@H]4[C@]3(C)/C(O)=C3\C(=O)O[C@]4(C[C@@H](C)C(CO)=C[C@H]4C=C2C)C3=O)C[C@]1(C)[N+](=O)[O-]. The summed E-state index contributed by atoms with van der Waals surface area (Å²) in [5.41, 5.74) is -3.49. The first-order chi connectivity index (χ1) is 43.9. The number of nitrogens with zero attached hydrogens (tertiary/aromatic N) is 1. The van der Waals surface area contributed by atoms with Crippen molar-refractivity contribution in [1.82, 2.24) is 5.32 Å². The van der Waals surface area contributed by atoms with Crippen LogP contribution in [0.3, 0.4) is 0 Å². The Labute approximate surface area is 543 Å². The van der Waals surface area contributed by atoms with Gasteiger partial charge in [0.1, 0.15) is 41.8 Å². The molecule has 6 aliphatic heterocycles. The van der Waals surface area contributed by atoms with Crippen LogP contribution in [0.1, 0.15) is 134 Å². The van der Waals surface area contributed by atoms with Crippen molar-refractivity contribution in [3.8, 4) is 0 Å². The molecular weight excluding hydrogens is 1220 g/mol. The molecule has 6 saturated heterocycles. The third kappa shape index (κ3) is 13.7. The van der Waals surface area contributed by atoms with Crippen molar-refractivity contribution in [2.24, 2.45) is 46.8 Å². The summed E-state index contributed by atoms with van der Waals surface area (Å²) in [6.07, 6.45) is -8.05. The highest BCUT2D eigenvalue weighted by Gasteiger charge is 2.64. The molecule has 6 heterocycles. The summed E-state index contributed by atoms with van der Waals surface area (Å²) in [7, 11) is 2.66. The van der Waals surface area contributed by atoms with Gasteiger partial charge < -0.3 is 97.5 Å². The third-order valence-electron chi connectivity index (χ3n) is 22.3. The number of nitrogens with one attached hydrogen (secondary N) is 1. The Kier molecular flexibility index (Phi) is 21.7. The zero-order valence-corrected chi connectivity index (χ0v) is 55.9. The standard InChI is InChI=1S/C67H100N2O24/c1-29-15-18-45(88-52-27-65(11,69(79)80)60(38(10)87-52)68-64(78)82-14)30(2)20-40-21-39(28-70)33(5)26-67(40)62(76)53(63(77)93-67)61(75)66(12)42(29)17-16-41-54(66)31(3)19-32(4)57(41)91-51-24-46(56(74)35(7)84-51)89-50-25-47(90-48-22-43(71)55(73)34(6)83-48)59(37(9)86-50)92-49-23-44(72)58(81-13)36(8)85-49/h15-17,20-21,31-38,40-52,54-60,70-75H,18-19,22-28H2,1-14H3,(H,68,78)/b29-15+,30-20?,61-53+/t31-,32-,33+,34-,35-,36-,37-,38+,40+,41-,42-,43-,44+,45-,46+,47?,48-,49+,50-,51-,52-,54+,55-,56-,57-,58-,59?,60-,65-,66+,67-/m0/s1. The van der Waals surface area contributed by atoms with Crippen molar-refractivity contribution in [2.75, 3.05) is 20.8 Å². The van der Waals surface area contributed by atoms with Crippen LogP contribution in [0.5, 0.6) is 0 Å². The second kappa shape index (κ2) is 28.3. The lowest BCUT2D eigenvalue weighted by atomic mass is 9.49. The van der Waals surface area contributed by atoms with Gasteiger partial charge in [-0.2, -0.15) is 0 Å². The van der Waals surface area contributed by atoms with Crippen LogP contribution < -0.4 is 5.32 Å². The number of alkyl carbamates (subject to hydrolysis) is 1. The highest BCUT2D eigenvalue weighted by molar-refractivity contribution is 6.26. The molecule has 10 aliphatic rings. The van der Waals surface area contributed by atoms with Gasteiger partial charge in [0.15, 0.2) is 37.1 Å². The molecule has 1 amide bonds. The lowest BCUT2D eigenvalue weighted by Gasteiger charge is -2.56. The Balaban J connectivity index is 0.943. The minimum absolute atomic E-state index is 0.00999. The second-order valence-corrected chi connectivity index (χ2v) is 28.6. The molecule has 1 saturated carbocycles. The van der Waals surface area contributed by atoms with Crippen LogP contribution in [-0.2, 0) is 71.2 Å². The van der Waals surface area contributed by atoms with Crippen molar-refractivity contribution in [3.05, 3.63) is 68.5 Å². The van der Waals surface area contributed by atoms with Gasteiger partial charge in [0, 0.05) is 74.2 Å². The number of rotatable bonds is 14. The molecule has 1 spiro atoms. The first kappa shape index (κ1) is 71.4. The smallest absolute Gasteiger partial charge is 0.407 e. The van der Waals surface area contributed by atoms with E-state index in [1.165, 1.54) is 14.0 Å². The number of hydrogen-bond donors (Lipinski definition) is 7. The number of nitro groups is 1. The number of ether oxygens (including phenoxy) is 13. The molecule has 0 aromatic rings. The largest absolute Gasteiger partial charge is 0.511 e. The van der Waals surface area contributed by atoms with Crippen LogP contribution >= 0.6 is 0 Å². The van der Waals surface area contributed by atoms with E-state index in [1.807, 2.05) is 32.9 Å². The number of aliphatic hydroxyl groups is 6. The molecule has 0 radical (unpaired) electrons. The average molecular weight is 1320 g/mol. The quantitative estimate of drug-likeness (QED) is 0.0373. The first-order valence-electron chi connectivity index (χ1n) is 33.2. The van der Waals surface area contributed by atoms with E-state index in [9.17, 15) is 50.3 Å². The molecule has 2 unspecified atom stereocenters.